The third-order valence-corrected chi connectivity index (χ3v) is 6.28. The number of fused-ring (bicyclic) bond motifs is 1. The predicted octanol–water partition coefficient (Wildman–Crippen LogP) is 2.76. The number of aromatic nitrogens is 1. The minimum atomic E-state index is -0.194. The number of anilines is 1. The van der Waals surface area contributed by atoms with Crippen LogP contribution in [0.1, 0.15) is 31.4 Å². The van der Waals surface area contributed by atoms with Gasteiger partial charge in [-0.2, -0.15) is 0 Å². The molecule has 154 valence electrons. The fourth-order valence-electron chi connectivity index (χ4n) is 4.52. The van der Waals surface area contributed by atoms with Crippen LogP contribution in [-0.4, -0.2) is 65.4 Å². The number of rotatable bonds is 3. The first-order valence-electron chi connectivity index (χ1n) is 10.6. The number of carbonyl (C=O) groups excluding carboxylic acids is 2. The Morgan fingerprint density at radius 3 is 2.48 bits per heavy atom. The first-order chi connectivity index (χ1) is 13.8. The molecule has 0 bridgehead atoms. The molecule has 0 saturated carbocycles. The van der Waals surface area contributed by atoms with Crippen LogP contribution in [-0.2, 0) is 9.59 Å². The molecule has 2 aliphatic rings. The monoisotopic (exact) mass is 394 g/mol. The third-order valence-electron chi connectivity index (χ3n) is 6.28. The Labute approximate surface area is 172 Å². The average Bonchev–Trinajstić information content (AvgIpc) is 3.10. The molecule has 0 aliphatic carbocycles. The van der Waals surface area contributed by atoms with Gasteiger partial charge < -0.3 is 14.7 Å². The number of pyridine rings is 1. The number of amides is 2. The van der Waals surface area contributed by atoms with Crippen molar-refractivity contribution < 1.29 is 9.59 Å². The molecule has 2 amide bonds. The molecule has 4 rings (SSSR count). The van der Waals surface area contributed by atoms with Crippen LogP contribution >= 0.6 is 0 Å². The Morgan fingerprint density at radius 2 is 1.83 bits per heavy atom. The van der Waals surface area contributed by atoms with Crippen LogP contribution in [0.25, 0.3) is 10.9 Å². The van der Waals surface area contributed by atoms with Gasteiger partial charge in [-0.05, 0) is 44.9 Å². The third kappa shape index (κ3) is 3.68. The zero-order chi connectivity index (χ0) is 20.7. The van der Waals surface area contributed by atoms with Crippen LogP contribution in [0.15, 0.2) is 24.3 Å². The van der Waals surface area contributed by atoms with Gasteiger partial charge in [0.1, 0.15) is 5.82 Å². The van der Waals surface area contributed by atoms with E-state index >= 15 is 0 Å². The van der Waals surface area contributed by atoms with Crippen molar-refractivity contribution in [3.8, 4) is 0 Å². The molecule has 3 heterocycles. The molecule has 29 heavy (non-hydrogen) atoms. The number of para-hydroxylation sites is 1. The second-order valence-corrected chi connectivity index (χ2v) is 8.62. The highest BCUT2D eigenvalue weighted by atomic mass is 16.2. The summed E-state index contributed by atoms with van der Waals surface area (Å²) in [6, 6.07) is 8.59. The summed E-state index contributed by atoms with van der Waals surface area (Å²) in [7, 11) is 0. The summed E-state index contributed by atoms with van der Waals surface area (Å²) in [5.74, 6) is 1.02. The van der Waals surface area contributed by atoms with Crippen molar-refractivity contribution in [2.24, 2.45) is 5.92 Å². The molecule has 1 unspecified atom stereocenters. The van der Waals surface area contributed by atoms with E-state index in [1.807, 2.05) is 23.6 Å². The second kappa shape index (κ2) is 7.65. The molecule has 2 saturated heterocycles. The van der Waals surface area contributed by atoms with Crippen molar-refractivity contribution in [2.75, 3.05) is 37.6 Å². The maximum absolute atomic E-state index is 12.9. The summed E-state index contributed by atoms with van der Waals surface area (Å²) in [6.07, 6.45) is 0.349. The topological polar surface area (TPSA) is 56.8 Å². The van der Waals surface area contributed by atoms with E-state index in [2.05, 4.69) is 43.0 Å². The molecule has 6 nitrogen and oxygen atoms in total. The number of carbonyl (C=O) groups is 2. The molecule has 1 atom stereocenters. The number of nitrogens with zero attached hydrogens (tertiary/aromatic N) is 4. The Hall–Kier alpha value is -2.63. The van der Waals surface area contributed by atoms with E-state index in [4.69, 9.17) is 4.98 Å². The predicted molar refractivity (Wildman–Crippen MR) is 115 cm³/mol. The lowest BCUT2D eigenvalue weighted by molar-refractivity contribution is -0.136. The van der Waals surface area contributed by atoms with Crippen LogP contribution in [0.3, 0.4) is 0 Å². The molecule has 2 aliphatic heterocycles. The van der Waals surface area contributed by atoms with Gasteiger partial charge in [0.15, 0.2) is 0 Å². The highest BCUT2D eigenvalue weighted by Crippen LogP contribution is 2.26. The van der Waals surface area contributed by atoms with E-state index in [0.717, 1.165) is 24.4 Å². The zero-order valence-electron chi connectivity index (χ0n) is 17.8. The highest BCUT2D eigenvalue weighted by Gasteiger charge is 2.38. The number of hydrogen-bond donors (Lipinski definition) is 0. The van der Waals surface area contributed by atoms with Crippen LogP contribution in [0.4, 0.5) is 5.82 Å². The summed E-state index contributed by atoms with van der Waals surface area (Å²) >= 11 is 0. The standard InChI is InChI=1S/C23H30N4O2/c1-15(2)27-14-18(13-21(27)28)23(29)26-10-8-25(9-11-26)20-12-17(4)19-7-5-6-16(3)22(19)24-20/h5-7,12,15,18H,8-11,13-14H2,1-4H3. The molecule has 0 N–H and O–H groups in total. The van der Waals surface area contributed by atoms with Gasteiger partial charge in [-0.15, -0.1) is 0 Å². The van der Waals surface area contributed by atoms with Gasteiger partial charge >= 0.3 is 0 Å². The van der Waals surface area contributed by atoms with E-state index < -0.39 is 0 Å². The first-order valence-corrected chi connectivity index (χ1v) is 10.6. The number of hydrogen-bond acceptors (Lipinski definition) is 4. The molecule has 2 fully saturated rings. The molecular formula is C23H30N4O2. The van der Waals surface area contributed by atoms with E-state index in [1.54, 1.807) is 0 Å². The van der Waals surface area contributed by atoms with Gasteiger partial charge in [0, 0.05) is 50.6 Å². The van der Waals surface area contributed by atoms with E-state index in [0.29, 0.717) is 26.1 Å². The highest BCUT2D eigenvalue weighted by molar-refractivity contribution is 5.90. The Bertz CT molecular complexity index is 947. The van der Waals surface area contributed by atoms with Gasteiger partial charge in [0.05, 0.1) is 11.4 Å². The van der Waals surface area contributed by atoms with Gasteiger partial charge in [-0.1, -0.05) is 18.2 Å². The largest absolute Gasteiger partial charge is 0.353 e. The maximum Gasteiger partial charge on any atom is 0.228 e. The van der Waals surface area contributed by atoms with Crippen LogP contribution in [0.5, 0.6) is 0 Å². The first kappa shape index (κ1) is 19.7. The summed E-state index contributed by atoms with van der Waals surface area (Å²) in [6.45, 7) is 11.7. The van der Waals surface area contributed by atoms with Crippen LogP contribution in [0.2, 0.25) is 0 Å². The number of benzene rings is 1. The van der Waals surface area contributed by atoms with E-state index in [9.17, 15) is 9.59 Å². The Morgan fingerprint density at radius 1 is 1.10 bits per heavy atom. The molecule has 1 aromatic carbocycles. The number of likely N-dealkylation sites (tertiary alicyclic amines) is 1. The van der Waals surface area contributed by atoms with Gasteiger partial charge in [-0.3, -0.25) is 9.59 Å². The van der Waals surface area contributed by atoms with E-state index in [1.165, 1.54) is 16.5 Å². The summed E-state index contributed by atoms with van der Waals surface area (Å²) in [5, 5.41) is 1.20. The second-order valence-electron chi connectivity index (χ2n) is 8.62. The van der Waals surface area contributed by atoms with Crippen LogP contribution in [0, 0.1) is 19.8 Å². The lowest BCUT2D eigenvalue weighted by atomic mass is 10.1. The lowest BCUT2D eigenvalue weighted by Gasteiger charge is -2.36. The fraction of sp³-hybridized carbons (Fsp3) is 0.522. The van der Waals surface area contributed by atoms with Gasteiger partial charge in [0.2, 0.25) is 11.8 Å². The maximum atomic E-state index is 12.9. The van der Waals surface area contributed by atoms with E-state index in [-0.39, 0.29) is 23.8 Å². The normalized spacial score (nSPS) is 20.2. The minimum absolute atomic E-state index is 0.100. The number of piperazine rings is 1. The minimum Gasteiger partial charge on any atom is -0.353 e. The van der Waals surface area contributed by atoms with Crippen molar-refractivity contribution in [1.29, 1.82) is 0 Å². The van der Waals surface area contributed by atoms with Crippen molar-refractivity contribution in [1.82, 2.24) is 14.8 Å². The molecule has 1 aromatic heterocycles. The lowest BCUT2D eigenvalue weighted by Crippen LogP contribution is -2.51. The van der Waals surface area contributed by atoms with Crippen LogP contribution < -0.4 is 4.90 Å². The Balaban J connectivity index is 1.44. The molecule has 6 heteroatoms. The SMILES string of the molecule is Cc1cc(N2CCN(C(=O)C3CC(=O)N(C(C)C)C3)CC2)nc2c(C)cccc12. The summed E-state index contributed by atoms with van der Waals surface area (Å²) < 4.78 is 0. The van der Waals surface area contributed by atoms with Gasteiger partial charge in [-0.25, -0.2) is 4.98 Å². The molecular weight excluding hydrogens is 364 g/mol. The summed E-state index contributed by atoms with van der Waals surface area (Å²) in [5.41, 5.74) is 3.46. The van der Waals surface area contributed by atoms with Crippen molar-refractivity contribution in [3.05, 3.63) is 35.4 Å². The Kier molecular flexibility index (Phi) is 5.19. The summed E-state index contributed by atoms with van der Waals surface area (Å²) in [4.78, 5) is 36.0. The van der Waals surface area contributed by atoms with Crippen molar-refractivity contribution in [3.63, 3.8) is 0 Å². The zero-order valence-corrected chi connectivity index (χ0v) is 17.8. The molecule has 0 spiro atoms. The van der Waals surface area contributed by atoms with Gasteiger partial charge in [0.25, 0.3) is 0 Å². The molecule has 0 radical (unpaired) electrons. The molecule has 2 aromatic rings. The number of aryl methyl sites for hydroxylation is 2. The smallest absolute Gasteiger partial charge is 0.228 e. The van der Waals surface area contributed by atoms with Crippen molar-refractivity contribution in [2.45, 2.75) is 40.2 Å². The van der Waals surface area contributed by atoms with Crippen molar-refractivity contribution >= 4 is 28.5 Å². The fourth-order valence-corrected chi connectivity index (χ4v) is 4.52. The average molecular weight is 395 g/mol. The quantitative estimate of drug-likeness (QED) is 0.803.